The van der Waals surface area contributed by atoms with Gasteiger partial charge in [0, 0.05) is 18.1 Å². The molecule has 3 aromatic rings. The largest absolute Gasteiger partial charge is 0.338 e. The van der Waals surface area contributed by atoms with Gasteiger partial charge in [0.05, 0.1) is 16.9 Å². The minimum atomic E-state index is -0.472. The summed E-state index contributed by atoms with van der Waals surface area (Å²) in [6.45, 7) is 4.91. The Hall–Kier alpha value is -2.69. The lowest BCUT2D eigenvalue weighted by atomic mass is 10.0. The van der Waals surface area contributed by atoms with Gasteiger partial charge < -0.3 is 4.57 Å². The fraction of sp³-hybridized carbons (Fsp3) is 0.263. The zero-order chi connectivity index (χ0) is 17.0. The number of hydrogen-bond acceptors (Lipinski definition) is 2. The van der Waals surface area contributed by atoms with Crippen LogP contribution in [0.5, 0.6) is 0 Å². The smallest absolute Gasteiger partial charge is 0.268 e. The molecule has 0 amide bonds. The van der Waals surface area contributed by atoms with Crippen LogP contribution in [0.15, 0.2) is 41.3 Å². The Labute approximate surface area is 138 Å². The highest BCUT2D eigenvalue weighted by molar-refractivity contribution is 6.10. The molecule has 4 rings (SSSR count). The first-order valence-electron chi connectivity index (χ1n) is 8.07. The SMILES string of the molecule is CC(C)CCn1c2c(c(=O)c3cc(F)ccc31)C(=O)n1cccc1-2. The molecule has 24 heavy (non-hydrogen) atoms. The summed E-state index contributed by atoms with van der Waals surface area (Å²) in [5.41, 5.74) is 1.79. The fourth-order valence-corrected chi connectivity index (χ4v) is 3.38. The third kappa shape index (κ3) is 1.97. The van der Waals surface area contributed by atoms with Crippen molar-refractivity contribution in [2.75, 3.05) is 0 Å². The maximum Gasteiger partial charge on any atom is 0.268 e. The van der Waals surface area contributed by atoms with Crippen LogP contribution in [0.3, 0.4) is 0 Å². The average Bonchev–Trinajstić information content (AvgIpc) is 3.11. The first-order chi connectivity index (χ1) is 11.5. The van der Waals surface area contributed by atoms with E-state index >= 15 is 0 Å². The molecule has 0 aliphatic carbocycles. The molecule has 1 aliphatic rings. The highest BCUT2D eigenvalue weighted by Gasteiger charge is 2.32. The quantitative estimate of drug-likeness (QED) is 0.577. The number of halogens is 1. The van der Waals surface area contributed by atoms with Crippen LogP contribution >= 0.6 is 0 Å². The molecule has 3 heterocycles. The average molecular weight is 324 g/mol. The van der Waals surface area contributed by atoms with Gasteiger partial charge in [0.25, 0.3) is 5.91 Å². The molecule has 0 spiro atoms. The molecule has 0 saturated heterocycles. The minimum Gasteiger partial charge on any atom is -0.338 e. The summed E-state index contributed by atoms with van der Waals surface area (Å²) in [5.74, 6) is -0.334. The standard InChI is InChI=1S/C19H17FN2O2/c1-11(2)7-9-21-14-6-5-12(20)10-13(14)18(23)16-17(21)15-4-3-8-22(15)19(16)24/h3-6,8,10-11H,7,9H2,1-2H3. The summed E-state index contributed by atoms with van der Waals surface area (Å²) in [6.07, 6.45) is 2.56. The van der Waals surface area contributed by atoms with Gasteiger partial charge in [0.15, 0.2) is 0 Å². The second-order valence-electron chi connectivity index (χ2n) is 6.62. The zero-order valence-electron chi connectivity index (χ0n) is 13.5. The van der Waals surface area contributed by atoms with Crippen molar-refractivity contribution in [3.63, 3.8) is 0 Å². The molecular formula is C19H17FN2O2. The third-order valence-electron chi connectivity index (χ3n) is 4.58. The molecule has 0 radical (unpaired) electrons. The van der Waals surface area contributed by atoms with E-state index in [9.17, 15) is 14.0 Å². The van der Waals surface area contributed by atoms with Crippen molar-refractivity contribution in [1.29, 1.82) is 0 Å². The predicted octanol–water partition coefficient (Wildman–Crippen LogP) is 3.66. The van der Waals surface area contributed by atoms with Gasteiger partial charge in [-0.25, -0.2) is 4.39 Å². The molecule has 122 valence electrons. The van der Waals surface area contributed by atoms with Crippen molar-refractivity contribution in [2.24, 2.45) is 5.92 Å². The summed E-state index contributed by atoms with van der Waals surface area (Å²) in [4.78, 5) is 25.5. The Morgan fingerprint density at radius 3 is 2.71 bits per heavy atom. The maximum absolute atomic E-state index is 13.7. The van der Waals surface area contributed by atoms with Crippen LogP contribution in [0.1, 0.15) is 30.6 Å². The highest BCUT2D eigenvalue weighted by Crippen LogP contribution is 2.33. The van der Waals surface area contributed by atoms with Crippen LogP contribution in [-0.4, -0.2) is 15.0 Å². The third-order valence-corrected chi connectivity index (χ3v) is 4.58. The van der Waals surface area contributed by atoms with E-state index in [1.165, 1.54) is 16.7 Å². The van der Waals surface area contributed by atoms with E-state index < -0.39 is 11.2 Å². The van der Waals surface area contributed by atoms with Crippen molar-refractivity contribution in [2.45, 2.75) is 26.8 Å². The van der Waals surface area contributed by atoms with Crippen LogP contribution in [0.25, 0.3) is 22.3 Å². The molecule has 0 atom stereocenters. The Kier molecular flexibility index (Phi) is 3.20. The number of rotatable bonds is 3. The molecule has 1 aliphatic heterocycles. The van der Waals surface area contributed by atoms with E-state index in [1.807, 2.05) is 10.6 Å². The van der Waals surface area contributed by atoms with Crippen molar-refractivity contribution in [1.82, 2.24) is 9.13 Å². The molecule has 0 unspecified atom stereocenters. The molecule has 2 aromatic heterocycles. The number of nitrogens with zero attached hydrogens (tertiary/aromatic N) is 2. The van der Waals surface area contributed by atoms with Gasteiger partial charge in [-0.3, -0.25) is 14.2 Å². The summed E-state index contributed by atoms with van der Waals surface area (Å²) < 4.78 is 17.2. The van der Waals surface area contributed by atoms with Crippen molar-refractivity contribution >= 4 is 16.8 Å². The summed E-state index contributed by atoms with van der Waals surface area (Å²) in [7, 11) is 0. The number of aromatic nitrogens is 2. The van der Waals surface area contributed by atoms with Crippen molar-refractivity contribution in [3.8, 4) is 11.4 Å². The fourth-order valence-electron chi connectivity index (χ4n) is 3.38. The van der Waals surface area contributed by atoms with Gasteiger partial charge in [-0.05, 0) is 42.7 Å². The Morgan fingerprint density at radius 2 is 1.96 bits per heavy atom. The number of carbonyl (C=O) groups excluding carboxylic acids is 1. The van der Waals surface area contributed by atoms with Gasteiger partial charge >= 0.3 is 0 Å². The molecule has 4 nitrogen and oxygen atoms in total. The molecular weight excluding hydrogens is 307 g/mol. The maximum atomic E-state index is 13.7. The van der Waals surface area contributed by atoms with Crippen LogP contribution in [-0.2, 0) is 6.54 Å². The molecule has 0 bridgehead atoms. The summed E-state index contributed by atoms with van der Waals surface area (Å²) in [6, 6.07) is 7.84. The van der Waals surface area contributed by atoms with Crippen LogP contribution in [0.2, 0.25) is 0 Å². The summed E-state index contributed by atoms with van der Waals surface area (Å²) in [5, 5.41) is 0.261. The monoisotopic (exact) mass is 324 g/mol. The van der Waals surface area contributed by atoms with E-state index in [0.717, 1.165) is 12.1 Å². The van der Waals surface area contributed by atoms with Gasteiger partial charge in [-0.15, -0.1) is 0 Å². The van der Waals surface area contributed by atoms with Crippen molar-refractivity contribution < 1.29 is 9.18 Å². The van der Waals surface area contributed by atoms with E-state index in [-0.39, 0.29) is 16.9 Å². The molecule has 0 N–H and O–H groups in total. The van der Waals surface area contributed by atoms with Gasteiger partial charge in [-0.2, -0.15) is 0 Å². The van der Waals surface area contributed by atoms with Gasteiger partial charge in [0.2, 0.25) is 5.43 Å². The number of aryl methyl sites for hydroxylation is 1. The number of hydrogen-bond donors (Lipinski definition) is 0. The highest BCUT2D eigenvalue weighted by atomic mass is 19.1. The first-order valence-corrected chi connectivity index (χ1v) is 8.07. The lowest BCUT2D eigenvalue weighted by molar-refractivity contribution is 0.0968. The Bertz CT molecular complexity index is 1040. The molecule has 1 aromatic carbocycles. The second-order valence-corrected chi connectivity index (χ2v) is 6.62. The predicted molar refractivity (Wildman–Crippen MR) is 90.8 cm³/mol. The molecule has 0 saturated carbocycles. The van der Waals surface area contributed by atoms with E-state index in [2.05, 4.69) is 13.8 Å². The minimum absolute atomic E-state index is 0.146. The van der Waals surface area contributed by atoms with E-state index in [4.69, 9.17) is 0 Å². The van der Waals surface area contributed by atoms with Crippen molar-refractivity contribution in [3.05, 3.63) is 58.1 Å². The van der Waals surface area contributed by atoms with Crippen LogP contribution in [0.4, 0.5) is 4.39 Å². The summed E-state index contributed by atoms with van der Waals surface area (Å²) >= 11 is 0. The zero-order valence-corrected chi connectivity index (χ0v) is 13.5. The van der Waals surface area contributed by atoms with Crippen LogP contribution < -0.4 is 5.43 Å². The number of benzene rings is 1. The number of carbonyl (C=O) groups is 1. The van der Waals surface area contributed by atoms with Gasteiger partial charge in [-0.1, -0.05) is 13.8 Å². The lowest BCUT2D eigenvalue weighted by Crippen LogP contribution is -2.20. The van der Waals surface area contributed by atoms with E-state index in [0.29, 0.717) is 23.7 Å². The van der Waals surface area contributed by atoms with E-state index in [1.54, 1.807) is 18.3 Å². The molecule has 5 heteroatoms. The topological polar surface area (TPSA) is 44.0 Å². The molecule has 0 fully saturated rings. The normalized spacial score (nSPS) is 12.9. The Balaban J connectivity index is 2.11. The van der Waals surface area contributed by atoms with Crippen LogP contribution in [0, 0.1) is 11.7 Å². The first kappa shape index (κ1) is 14.9. The number of pyridine rings is 1. The number of fused-ring (bicyclic) bond motifs is 4. The second kappa shape index (κ2) is 5.16. The Morgan fingerprint density at radius 1 is 1.17 bits per heavy atom. The van der Waals surface area contributed by atoms with Gasteiger partial charge in [0.1, 0.15) is 11.4 Å². The lowest BCUT2D eigenvalue weighted by Gasteiger charge is -2.17.